The maximum absolute atomic E-state index is 5.24. The molecule has 10 rings (SSSR count). The van der Waals surface area contributed by atoms with Crippen molar-refractivity contribution >= 4 is 64.1 Å². The molecule has 0 atom stereocenters. The lowest BCUT2D eigenvalue weighted by atomic mass is 9.97. The van der Waals surface area contributed by atoms with Crippen LogP contribution in [-0.4, -0.2) is 15.0 Å². The van der Waals surface area contributed by atoms with Gasteiger partial charge in [0.2, 0.25) is 0 Å². The minimum absolute atomic E-state index is 0.702. The quantitative estimate of drug-likeness (QED) is 0.180. The molecule has 0 saturated heterocycles. The Balaban J connectivity index is 1.12. The van der Waals surface area contributed by atoms with Crippen LogP contribution in [0.3, 0.4) is 0 Å². The summed E-state index contributed by atoms with van der Waals surface area (Å²) in [6, 6.07) is 57.7. The average Bonchev–Trinajstić information content (AvgIpc) is 3.56. The second kappa shape index (κ2) is 11.2. The predicted molar refractivity (Wildman–Crippen MR) is 207 cm³/mol. The van der Waals surface area contributed by atoms with Crippen LogP contribution in [0.5, 0.6) is 0 Å². The zero-order chi connectivity index (χ0) is 32.3. The first kappa shape index (κ1) is 27.8. The van der Waals surface area contributed by atoms with Crippen molar-refractivity contribution in [2.45, 2.75) is 0 Å². The molecule has 4 heteroatoms. The molecule has 0 radical (unpaired) electrons. The van der Waals surface area contributed by atoms with E-state index < -0.39 is 0 Å². The van der Waals surface area contributed by atoms with E-state index in [1.54, 1.807) is 0 Å². The van der Waals surface area contributed by atoms with Crippen LogP contribution in [0.2, 0.25) is 0 Å². The van der Waals surface area contributed by atoms with Crippen LogP contribution < -0.4 is 0 Å². The third kappa shape index (κ3) is 4.61. The van der Waals surface area contributed by atoms with Crippen LogP contribution in [0, 0.1) is 0 Å². The van der Waals surface area contributed by atoms with Crippen LogP contribution in [0.1, 0.15) is 0 Å². The van der Waals surface area contributed by atoms with Gasteiger partial charge in [0.05, 0.1) is 22.4 Å². The molecule has 3 heterocycles. The maximum atomic E-state index is 5.24. The highest BCUT2D eigenvalue weighted by atomic mass is 32.1. The van der Waals surface area contributed by atoms with Crippen LogP contribution >= 0.6 is 11.3 Å². The fraction of sp³-hybridized carbons (Fsp3) is 0. The molecule has 0 amide bonds. The lowest BCUT2D eigenvalue weighted by Crippen LogP contribution is -1.96. The topological polar surface area (TPSA) is 38.7 Å². The molecule has 0 unspecified atom stereocenters. The molecule has 3 nitrogen and oxygen atoms in total. The molecule has 0 aliphatic rings. The number of rotatable bonds is 4. The lowest BCUT2D eigenvalue weighted by Gasteiger charge is -2.13. The Hall–Kier alpha value is -6.23. The van der Waals surface area contributed by atoms with Crippen molar-refractivity contribution in [3.8, 4) is 45.0 Å². The number of thiophene rings is 1. The van der Waals surface area contributed by atoms with E-state index in [-0.39, 0.29) is 0 Å². The fourth-order valence-electron chi connectivity index (χ4n) is 7.12. The van der Waals surface area contributed by atoms with Crippen molar-refractivity contribution in [3.05, 3.63) is 164 Å². The SMILES string of the molecule is c1ccc(-c2cccc(-c3nc(-c4ccc(-c5nc6ccccc6c6c5ccc5c7ccccc7sc56)cc4)nc4ccccc34)c2)cc1. The molecule has 0 N–H and O–H groups in total. The monoisotopic (exact) mass is 641 g/mol. The van der Waals surface area contributed by atoms with Crippen molar-refractivity contribution in [2.24, 2.45) is 0 Å². The second-order valence-electron chi connectivity index (χ2n) is 12.4. The normalized spacial score (nSPS) is 11.7. The predicted octanol–water partition coefficient (Wildman–Crippen LogP) is 12.4. The number of fused-ring (bicyclic) bond motifs is 8. The summed E-state index contributed by atoms with van der Waals surface area (Å²) in [6.45, 7) is 0. The molecule has 0 spiro atoms. The second-order valence-corrected chi connectivity index (χ2v) is 13.4. The summed E-state index contributed by atoms with van der Waals surface area (Å²) >= 11 is 1.87. The number of nitrogens with zero attached hydrogens (tertiary/aromatic N) is 3. The van der Waals surface area contributed by atoms with E-state index in [1.807, 2.05) is 23.5 Å². The van der Waals surface area contributed by atoms with Gasteiger partial charge in [-0.05, 0) is 35.4 Å². The van der Waals surface area contributed by atoms with Gasteiger partial charge in [-0.15, -0.1) is 11.3 Å². The van der Waals surface area contributed by atoms with Gasteiger partial charge >= 0.3 is 0 Å². The number of aromatic nitrogens is 3. The van der Waals surface area contributed by atoms with Gasteiger partial charge in [0, 0.05) is 58.4 Å². The molecule has 0 fully saturated rings. The van der Waals surface area contributed by atoms with Gasteiger partial charge < -0.3 is 0 Å². The van der Waals surface area contributed by atoms with Gasteiger partial charge in [0.25, 0.3) is 0 Å². The summed E-state index contributed by atoms with van der Waals surface area (Å²) in [5.41, 5.74) is 9.27. The van der Waals surface area contributed by atoms with E-state index in [9.17, 15) is 0 Å². The van der Waals surface area contributed by atoms with Crippen molar-refractivity contribution in [3.63, 3.8) is 0 Å². The van der Waals surface area contributed by atoms with Crippen molar-refractivity contribution in [2.75, 3.05) is 0 Å². The van der Waals surface area contributed by atoms with E-state index in [0.717, 1.165) is 55.4 Å². The van der Waals surface area contributed by atoms with Crippen molar-refractivity contribution in [1.82, 2.24) is 15.0 Å². The zero-order valence-electron chi connectivity index (χ0n) is 26.3. The number of pyridine rings is 1. The Bertz CT molecular complexity index is 2870. The third-order valence-electron chi connectivity index (χ3n) is 9.47. The molecular formula is C45H27N3S. The van der Waals surface area contributed by atoms with Gasteiger partial charge in [-0.1, -0.05) is 140 Å². The summed E-state index contributed by atoms with van der Waals surface area (Å²) in [6.07, 6.45) is 0. The summed E-state index contributed by atoms with van der Waals surface area (Å²) in [4.78, 5) is 15.5. The molecule has 0 bridgehead atoms. The summed E-state index contributed by atoms with van der Waals surface area (Å²) in [5.74, 6) is 0.702. The standard InChI is InChI=1S/C45H27N3S/c1-2-11-28(12-3-1)31-13-10-14-32(27-31)43-36-17-5-8-19-39(36)47-45(48-43)30-23-21-29(22-24-30)42-37-26-25-34-33-15-6-9-20-40(33)49-44(34)41(37)35-16-4-7-18-38(35)46-42/h1-27H. The van der Waals surface area contributed by atoms with Crippen molar-refractivity contribution < 1.29 is 0 Å². The number of para-hydroxylation sites is 2. The van der Waals surface area contributed by atoms with Crippen molar-refractivity contribution in [1.29, 1.82) is 0 Å². The highest BCUT2D eigenvalue weighted by molar-refractivity contribution is 7.26. The molecule has 0 aliphatic heterocycles. The first-order valence-electron chi connectivity index (χ1n) is 16.4. The molecule has 10 aromatic rings. The van der Waals surface area contributed by atoms with E-state index in [0.29, 0.717) is 5.82 Å². The maximum Gasteiger partial charge on any atom is 0.160 e. The van der Waals surface area contributed by atoms with E-state index in [2.05, 4.69) is 152 Å². The zero-order valence-corrected chi connectivity index (χ0v) is 27.2. The third-order valence-corrected chi connectivity index (χ3v) is 10.7. The van der Waals surface area contributed by atoms with Gasteiger partial charge in [0.1, 0.15) is 0 Å². The molecule has 0 aliphatic carbocycles. The number of hydrogen-bond donors (Lipinski definition) is 0. The van der Waals surface area contributed by atoms with Gasteiger partial charge in [-0.2, -0.15) is 0 Å². The Morgan fingerprint density at radius 2 is 0.959 bits per heavy atom. The largest absolute Gasteiger partial charge is 0.247 e. The van der Waals surface area contributed by atoms with Gasteiger partial charge in [-0.25, -0.2) is 15.0 Å². The van der Waals surface area contributed by atoms with E-state index in [4.69, 9.17) is 15.0 Å². The molecule has 228 valence electrons. The first-order valence-corrected chi connectivity index (χ1v) is 17.3. The van der Waals surface area contributed by atoms with E-state index >= 15 is 0 Å². The summed E-state index contributed by atoms with van der Waals surface area (Å²) in [7, 11) is 0. The van der Waals surface area contributed by atoms with E-state index in [1.165, 1.54) is 36.5 Å². The Kier molecular flexibility index (Phi) is 6.36. The highest BCUT2D eigenvalue weighted by Crippen LogP contribution is 2.43. The average molecular weight is 642 g/mol. The van der Waals surface area contributed by atoms with Crippen LogP contribution in [0.25, 0.3) is 97.8 Å². The van der Waals surface area contributed by atoms with Crippen LogP contribution in [0.4, 0.5) is 0 Å². The van der Waals surface area contributed by atoms with Crippen LogP contribution in [-0.2, 0) is 0 Å². The fourth-order valence-corrected chi connectivity index (χ4v) is 8.38. The molecule has 3 aromatic heterocycles. The summed E-state index contributed by atoms with van der Waals surface area (Å²) < 4.78 is 2.61. The lowest BCUT2D eigenvalue weighted by molar-refractivity contribution is 1.23. The molecule has 7 aromatic carbocycles. The molecule has 0 saturated carbocycles. The number of hydrogen-bond acceptors (Lipinski definition) is 4. The van der Waals surface area contributed by atoms with Gasteiger partial charge in [-0.3, -0.25) is 0 Å². The Morgan fingerprint density at radius 3 is 1.80 bits per heavy atom. The van der Waals surface area contributed by atoms with Gasteiger partial charge in [0.15, 0.2) is 5.82 Å². The number of benzene rings is 7. The summed E-state index contributed by atoms with van der Waals surface area (Å²) in [5, 5.41) is 7.25. The molecule has 49 heavy (non-hydrogen) atoms. The Labute approximate surface area is 286 Å². The molecular weight excluding hydrogens is 615 g/mol. The van der Waals surface area contributed by atoms with Crippen LogP contribution in [0.15, 0.2) is 164 Å². The first-order chi connectivity index (χ1) is 24.3. The highest BCUT2D eigenvalue weighted by Gasteiger charge is 2.17. The smallest absolute Gasteiger partial charge is 0.160 e. The Morgan fingerprint density at radius 1 is 0.347 bits per heavy atom. The minimum atomic E-state index is 0.702. The minimum Gasteiger partial charge on any atom is -0.247 e.